The van der Waals surface area contributed by atoms with E-state index in [0.717, 1.165) is 0 Å². The van der Waals surface area contributed by atoms with Crippen molar-refractivity contribution in [1.82, 2.24) is 4.72 Å². The van der Waals surface area contributed by atoms with E-state index >= 15 is 0 Å². The summed E-state index contributed by atoms with van der Waals surface area (Å²) >= 11 is 0. The van der Waals surface area contributed by atoms with Crippen LogP contribution in [0.3, 0.4) is 0 Å². The second kappa shape index (κ2) is 6.31. The molecular formula is C7H18N2O3S. The molecule has 0 radical (unpaired) electrons. The maximum atomic E-state index is 11.2. The molecule has 0 fully saturated rings. The van der Waals surface area contributed by atoms with Crippen LogP contribution in [0.4, 0.5) is 0 Å². The summed E-state index contributed by atoms with van der Waals surface area (Å²) in [6.45, 7) is 2.97. The van der Waals surface area contributed by atoms with Gasteiger partial charge in [0.25, 0.3) is 0 Å². The van der Waals surface area contributed by atoms with Crippen molar-refractivity contribution in [3.05, 3.63) is 0 Å². The summed E-state index contributed by atoms with van der Waals surface area (Å²) in [4.78, 5) is 0. The van der Waals surface area contributed by atoms with Gasteiger partial charge in [0, 0.05) is 13.7 Å². The Kier molecular flexibility index (Phi) is 6.23. The summed E-state index contributed by atoms with van der Waals surface area (Å²) in [5.74, 6) is 0.165. The monoisotopic (exact) mass is 210 g/mol. The zero-order valence-corrected chi connectivity index (χ0v) is 8.93. The number of sulfonamides is 1. The molecular weight excluding hydrogens is 192 g/mol. The van der Waals surface area contributed by atoms with Crippen LogP contribution < -0.4 is 10.5 Å². The first kappa shape index (κ1) is 12.8. The Morgan fingerprint density at radius 2 is 2.15 bits per heavy atom. The summed E-state index contributed by atoms with van der Waals surface area (Å²) < 4.78 is 29.5. The molecule has 0 aromatic heterocycles. The minimum absolute atomic E-state index is 0.000785. The Bertz CT molecular complexity index is 216. The molecule has 0 spiro atoms. The molecule has 0 saturated carbocycles. The third-order valence-corrected chi connectivity index (χ3v) is 2.92. The summed E-state index contributed by atoms with van der Waals surface area (Å²) in [7, 11) is -1.71. The molecule has 0 amide bonds. The largest absolute Gasteiger partial charge is 0.384 e. The number of hydrogen-bond acceptors (Lipinski definition) is 4. The predicted molar refractivity (Wildman–Crippen MR) is 51.9 cm³/mol. The third-order valence-electron chi connectivity index (χ3n) is 1.61. The highest BCUT2D eigenvalue weighted by atomic mass is 32.2. The van der Waals surface area contributed by atoms with Gasteiger partial charge >= 0.3 is 0 Å². The molecule has 13 heavy (non-hydrogen) atoms. The molecule has 3 N–H and O–H groups in total. The first-order valence-corrected chi connectivity index (χ1v) is 5.83. The maximum Gasteiger partial charge on any atom is 0.213 e. The van der Waals surface area contributed by atoms with Crippen molar-refractivity contribution in [1.29, 1.82) is 0 Å². The fraction of sp³-hybridized carbons (Fsp3) is 1.00. The minimum Gasteiger partial charge on any atom is -0.384 e. The van der Waals surface area contributed by atoms with Crippen LogP contribution in [0.1, 0.15) is 6.92 Å². The van der Waals surface area contributed by atoms with Gasteiger partial charge in [-0.2, -0.15) is 0 Å². The number of ether oxygens (including phenoxy) is 1. The second-order valence-corrected chi connectivity index (χ2v) is 4.93. The SMILES string of the molecule is COCCS(=O)(=O)NCC(C)CN. The number of nitrogens with two attached hydrogens (primary N) is 1. The van der Waals surface area contributed by atoms with E-state index in [2.05, 4.69) is 9.46 Å². The highest BCUT2D eigenvalue weighted by Crippen LogP contribution is 1.91. The van der Waals surface area contributed by atoms with Crippen LogP contribution in [0, 0.1) is 5.92 Å². The Hall–Kier alpha value is -0.170. The van der Waals surface area contributed by atoms with Crippen LogP contribution in [-0.4, -0.2) is 41.0 Å². The summed E-state index contributed by atoms with van der Waals surface area (Å²) in [5.41, 5.74) is 5.34. The first-order valence-electron chi connectivity index (χ1n) is 4.18. The van der Waals surface area contributed by atoms with Crippen LogP contribution in [0.15, 0.2) is 0 Å². The van der Waals surface area contributed by atoms with E-state index in [4.69, 9.17) is 5.73 Å². The predicted octanol–water partition coefficient (Wildman–Crippen LogP) is -0.853. The zero-order chi connectivity index (χ0) is 10.3. The van der Waals surface area contributed by atoms with Crippen molar-refractivity contribution >= 4 is 10.0 Å². The zero-order valence-electron chi connectivity index (χ0n) is 8.12. The van der Waals surface area contributed by atoms with Gasteiger partial charge in [-0.05, 0) is 12.5 Å². The van der Waals surface area contributed by atoms with E-state index in [1.807, 2.05) is 6.92 Å². The maximum absolute atomic E-state index is 11.2. The quantitative estimate of drug-likeness (QED) is 0.573. The van der Waals surface area contributed by atoms with Crippen molar-refractivity contribution in [2.24, 2.45) is 11.7 Å². The van der Waals surface area contributed by atoms with E-state index in [0.29, 0.717) is 13.1 Å². The summed E-state index contributed by atoms with van der Waals surface area (Å²) in [6, 6.07) is 0. The highest BCUT2D eigenvalue weighted by molar-refractivity contribution is 7.89. The van der Waals surface area contributed by atoms with Gasteiger partial charge in [-0.25, -0.2) is 13.1 Å². The Morgan fingerprint density at radius 1 is 1.54 bits per heavy atom. The lowest BCUT2D eigenvalue weighted by Crippen LogP contribution is -2.33. The number of rotatable bonds is 7. The van der Waals surface area contributed by atoms with Gasteiger partial charge in [0.1, 0.15) is 0 Å². The fourth-order valence-electron chi connectivity index (χ4n) is 0.618. The fourth-order valence-corrected chi connectivity index (χ4v) is 1.69. The standard InChI is InChI=1S/C7H18N2O3S/c1-7(5-8)6-9-13(10,11)4-3-12-2/h7,9H,3-6,8H2,1-2H3. The van der Waals surface area contributed by atoms with Crippen molar-refractivity contribution in [2.45, 2.75) is 6.92 Å². The molecule has 0 saturated heterocycles. The van der Waals surface area contributed by atoms with Crippen molar-refractivity contribution in [2.75, 3.05) is 32.6 Å². The molecule has 5 nitrogen and oxygen atoms in total. The Morgan fingerprint density at radius 3 is 2.62 bits per heavy atom. The molecule has 0 aliphatic heterocycles. The summed E-state index contributed by atoms with van der Waals surface area (Å²) in [6.07, 6.45) is 0. The van der Waals surface area contributed by atoms with E-state index in [9.17, 15) is 8.42 Å². The minimum atomic E-state index is -3.18. The molecule has 1 atom stereocenters. The smallest absolute Gasteiger partial charge is 0.213 e. The highest BCUT2D eigenvalue weighted by Gasteiger charge is 2.10. The van der Waals surface area contributed by atoms with E-state index in [1.165, 1.54) is 7.11 Å². The van der Waals surface area contributed by atoms with Crippen LogP contribution in [0.25, 0.3) is 0 Å². The molecule has 0 aliphatic rings. The van der Waals surface area contributed by atoms with E-state index < -0.39 is 10.0 Å². The van der Waals surface area contributed by atoms with Gasteiger partial charge in [0.2, 0.25) is 10.0 Å². The van der Waals surface area contributed by atoms with Gasteiger partial charge in [0.15, 0.2) is 0 Å². The lowest BCUT2D eigenvalue weighted by molar-refractivity contribution is 0.217. The normalized spacial score (nSPS) is 14.4. The molecule has 0 rings (SSSR count). The topological polar surface area (TPSA) is 81.4 Å². The molecule has 0 bridgehead atoms. The Labute approximate surface area is 79.7 Å². The third kappa shape index (κ3) is 6.94. The molecule has 0 heterocycles. The molecule has 1 unspecified atom stereocenters. The summed E-state index contributed by atoms with van der Waals surface area (Å²) in [5, 5.41) is 0. The van der Waals surface area contributed by atoms with Crippen LogP contribution in [0.2, 0.25) is 0 Å². The van der Waals surface area contributed by atoms with Crippen LogP contribution in [0.5, 0.6) is 0 Å². The average Bonchev–Trinajstić information content (AvgIpc) is 2.11. The second-order valence-electron chi connectivity index (χ2n) is 3.00. The average molecular weight is 210 g/mol. The lowest BCUT2D eigenvalue weighted by atomic mass is 10.2. The Balaban J connectivity index is 3.76. The van der Waals surface area contributed by atoms with E-state index in [-0.39, 0.29) is 18.3 Å². The van der Waals surface area contributed by atoms with Gasteiger partial charge in [-0.3, -0.25) is 0 Å². The molecule has 80 valence electrons. The molecule has 0 aliphatic carbocycles. The van der Waals surface area contributed by atoms with Crippen molar-refractivity contribution in [3.8, 4) is 0 Å². The lowest BCUT2D eigenvalue weighted by Gasteiger charge is -2.10. The van der Waals surface area contributed by atoms with E-state index in [1.54, 1.807) is 0 Å². The van der Waals surface area contributed by atoms with Crippen LogP contribution in [-0.2, 0) is 14.8 Å². The number of hydrogen-bond donors (Lipinski definition) is 2. The van der Waals surface area contributed by atoms with Crippen LogP contribution >= 0.6 is 0 Å². The van der Waals surface area contributed by atoms with Gasteiger partial charge in [0.05, 0.1) is 12.4 Å². The first-order chi connectivity index (χ1) is 6.02. The van der Waals surface area contributed by atoms with Gasteiger partial charge in [-0.15, -0.1) is 0 Å². The van der Waals surface area contributed by atoms with Gasteiger partial charge < -0.3 is 10.5 Å². The number of nitrogens with one attached hydrogen (secondary N) is 1. The molecule has 0 aromatic rings. The molecule has 6 heteroatoms. The van der Waals surface area contributed by atoms with Crippen molar-refractivity contribution in [3.63, 3.8) is 0 Å². The van der Waals surface area contributed by atoms with Crippen molar-refractivity contribution < 1.29 is 13.2 Å². The number of methoxy groups -OCH3 is 1. The molecule has 0 aromatic carbocycles. The van der Waals surface area contributed by atoms with Gasteiger partial charge in [-0.1, -0.05) is 6.92 Å².